The van der Waals surface area contributed by atoms with Crippen LogP contribution in [0.4, 0.5) is 0 Å². The lowest BCUT2D eigenvalue weighted by Gasteiger charge is -2.33. The number of cyclic esters (lactones) is 1. The van der Waals surface area contributed by atoms with Gasteiger partial charge in [0.25, 0.3) is 0 Å². The van der Waals surface area contributed by atoms with Crippen LogP contribution in [0.2, 0.25) is 0 Å². The molecule has 1 aliphatic heterocycles. The highest BCUT2D eigenvalue weighted by Crippen LogP contribution is 2.46. The highest BCUT2D eigenvalue weighted by atomic mass is 16.6. The molecule has 27 heavy (non-hydrogen) atoms. The van der Waals surface area contributed by atoms with Crippen LogP contribution in [-0.4, -0.2) is 31.6 Å². The average molecular weight is 363 g/mol. The summed E-state index contributed by atoms with van der Waals surface area (Å²) in [6.07, 6.45) is 5.32. The van der Waals surface area contributed by atoms with E-state index in [9.17, 15) is 4.79 Å². The number of allylic oxidation sites excluding steroid dienone is 1. The number of ether oxygens (including phenoxy) is 3. The van der Waals surface area contributed by atoms with Crippen molar-refractivity contribution in [3.05, 3.63) is 71.8 Å². The van der Waals surface area contributed by atoms with Crippen molar-refractivity contribution < 1.29 is 19.0 Å². The molecule has 2 aromatic carbocycles. The van der Waals surface area contributed by atoms with Crippen LogP contribution in [0, 0.1) is 0 Å². The molecule has 0 aromatic heterocycles. The molecule has 0 saturated heterocycles. The van der Waals surface area contributed by atoms with Crippen LogP contribution in [0.25, 0.3) is 0 Å². The molecule has 0 bridgehead atoms. The van der Waals surface area contributed by atoms with Gasteiger partial charge in [-0.05, 0) is 36.2 Å². The van der Waals surface area contributed by atoms with E-state index in [0.717, 1.165) is 11.1 Å². The van der Waals surface area contributed by atoms with Gasteiger partial charge in [0.15, 0.2) is 17.0 Å². The summed E-state index contributed by atoms with van der Waals surface area (Å²) in [6.45, 7) is 0. The molecule has 5 heteroatoms. The van der Waals surface area contributed by atoms with Gasteiger partial charge in [0.1, 0.15) is 0 Å². The summed E-state index contributed by atoms with van der Waals surface area (Å²) in [6, 6.07) is 15.3. The Bertz CT molecular complexity index is 919. The van der Waals surface area contributed by atoms with Crippen molar-refractivity contribution in [2.45, 2.75) is 24.3 Å². The smallest absolute Gasteiger partial charge is 0.341 e. The molecule has 0 N–H and O–H groups in total. The Labute approximate surface area is 158 Å². The van der Waals surface area contributed by atoms with Crippen molar-refractivity contribution in [2.75, 3.05) is 14.2 Å². The van der Waals surface area contributed by atoms with Crippen molar-refractivity contribution in [1.29, 1.82) is 0 Å². The molecule has 138 valence electrons. The number of hydrogen-bond acceptors (Lipinski definition) is 5. The normalized spacial score (nSPS) is 23.9. The highest BCUT2D eigenvalue weighted by molar-refractivity contribution is 6.08. The zero-order valence-electron chi connectivity index (χ0n) is 15.3. The Hall–Kier alpha value is -3.08. The summed E-state index contributed by atoms with van der Waals surface area (Å²) >= 11 is 0. The van der Waals surface area contributed by atoms with Crippen LogP contribution in [0.3, 0.4) is 0 Å². The molecule has 0 fully saturated rings. The minimum atomic E-state index is -0.945. The van der Waals surface area contributed by atoms with Crippen LogP contribution in [0.15, 0.2) is 65.7 Å². The zero-order valence-corrected chi connectivity index (χ0v) is 15.3. The van der Waals surface area contributed by atoms with E-state index >= 15 is 0 Å². The summed E-state index contributed by atoms with van der Waals surface area (Å²) < 4.78 is 16.4. The second-order valence-electron chi connectivity index (χ2n) is 6.67. The predicted octanol–water partition coefficient (Wildman–Crippen LogP) is 3.88. The van der Waals surface area contributed by atoms with E-state index in [-0.39, 0.29) is 11.9 Å². The molecular formula is C22H21NO4. The van der Waals surface area contributed by atoms with Gasteiger partial charge in [0.05, 0.1) is 14.2 Å². The maximum Gasteiger partial charge on any atom is 0.341 e. The van der Waals surface area contributed by atoms with E-state index in [1.54, 1.807) is 14.2 Å². The monoisotopic (exact) mass is 363 g/mol. The second kappa shape index (κ2) is 6.91. The molecule has 4 rings (SSSR count). The minimum absolute atomic E-state index is 0.129. The van der Waals surface area contributed by atoms with Crippen LogP contribution < -0.4 is 9.47 Å². The lowest BCUT2D eigenvalue weighted by Crippen LogP contribution is -2.41. The minimum Gasteiger partial charge on any atom is -0.493 e. The van der Waals surface area contributed by atoms with Crippen LogP contribution in [0.1, 0.15) is 29.9 Å². The molecule has 0 amide bonds. The molecule has 0 saturated carbocycles. The van der Waals surface area contributed by atoms with Crippen LogP contribution >= 0.6 is 0 Å². The fourth-order valence-corrected chi connectivity index (χ4v) is 3.79. The van der Waals surface area contributed by atoms with E-state index in [1.165, 1.54) is 0 Å². The van der Waals surface area contributed by atoms with Gasteiger partial charge in [-0.2, -0.15) is 0 Å². The predicted molar refractivity (Wildman–Crippen MR) is 102 cm³/mol. The van der Waals surface area contributed by atoms with Gasteiger partial charge in [0.2, 0.25) is 5.90 Å². The molecule has 2 aliphatic rings. The number of hydrogen-bond donors (Lipinski definition) is 0. The van der Waals surface area contributed by atoms with Crippen molar-refractivity contribution >= 4 is 11.9 Å². The Morgan fingerprint density at radius 1 is 1.04 bits per heavy atom. The summed E-state index contributed by atoms with van der Waals surface area (Å²) in [5.41, 5.74) is 0.842. The highest BCUT2D eigenvalue weighted by Gasteiger charge is 2.52. The largest absolute Gasteiger partial charge is 0.493 e. The van der Waals surface area contributed by atoms with E-state index in [4.69, 9.17) is 19.2 Å². The van der Waals surface area contributed by atoms with Gasteiger partial charge in [-0.3, -0.25) is 0 Å². The standard InChI is InChI=1S/C22H21NO4/c1-25-18-12-11-16(14-19(18)26-2)17-10-6-7-13-22(17)21(24)27-20(23-22)15-8-4-3-5-9-15/h3-9,11-12,14,17H,10,13H2,1-2H3/t17-,22-/m1/s1. The first-order valence-electron chi connectivity index (χ1n) is 8.92. The van der Waals surface area contributed by atoms with Crippen LogP contribution in [0.5, 0.6) is 11.5 Å². The van der Waals surface area contributed by atoms with E-state index < -0.39 is 5.54 Å². The molecule has 0 radical (unpaired) electrons. The third-order valence-electron chi connectivity index (χ3n) is 5.22. The molecule has 5 nitrogen and oxygen atoms in total. The number of aliphatic imine (C=N–C) groups is 1. The number of carbonyl (C=O) groups is 1. The Morgan fingerprint density at radius 3 is 2.56 bits per heavy atom. The fraction of sp³-hybridized carbons (Fsp3) is 0.273. The van der Waals surface area contributed by atoms with E-state index in [1.807, 2.05) is 54.6 Å². The first-order chi connectivity index (χ1) is 13.2. The topological polar surface area (TPSA) is 57.1 Å². The Balaban J connectivity index is 1.78. The number of benzene rings is 2. The summed E-state index contributed by atoms with van der Waals surface area (Å²) in [7, 11) is 3.21. The number of nitrogens with zero attached hydrogens (tertiary/aromatic N) is 1. The number of esters is 1. The number of methoxy groups -OCH3 is 2. The van der Waals surface area contributed by atoms with Crippen molar-refractivity contribution in [1.82, 2.24) is 0 Å². The zero-order chi connectivity index (χ0) is 18.9. The molecule has 2 aromatic rings. The molecule has 2 atom stereocenters. The van der Waals surface area contributed by atoms with Crippen molar-refractivity contribution in [3.8, 4) is 11.5 Å². The summed E-state index contributed by atoms with van der Waals surface area (Å²) in [5.74, 6) is 1.25. The van der Waals surface area contributed by atoms with Gasteiger partial charge in [-0.25, -0.2) is 9.79 Å². The third-order valence-corrected chi connectivity index (χ3v) is 5.22. The second-order valence-corrected chi connectivity index (χ2v) is 6.67. The number of carbonyl (C=O) groups excluding carboxylic acids is 1. The molecule has 0 unspecified atom stereocenters. The lowest BCUT2D eigenvalue weighted by molar-refractivity contribution is -0.139. The van der Waals surface area contributed by atoms with Gasteiger partial charge in [0, 0.05) is 17.9 Å². The summed E-state index contributed by atoms with van der Waals surface area (Å²) in [4.78, 5) is 17.8. The summed E-state index contributed by atoms with van der Waals surface area (Å²) in [5, 5.41) is 0. The fourth-order valence-electron chi connectivity index (χ4n) is 3.79. The van der Waals surface area contributed by atoms with Crippen molar-refractivity contribution in [2.24, 2.45) is 4.99 Å². The van der Waals surface area contributed by atoms with Gasteiger partial charge in [-0.1, -0.05) is 36.4 Å². The molecular weight excluding hydrogens is 342 g/mol. The maximum atomic E-state index is 13.0. The Morgan fingerprint density at radius 2 is 1.81 bits per heavy atom. The van der Waals surface area contributed by atoms with E-state index in [0.29, 0.717) is 30.2 Å². The van der Waals surface area contributed by atoms with Gasteiger partial charge >= 0.3 is 5.97 Å². The molecule has 1 heterocycles. The Kier molecular flexibility index (Phi) is 4.44. The van der Waals surface area contributed by atoms with Crippen molar-refractivity contribution in [3.63, 3.8) is 0 Å². The van der Waals surface area contributed by atoms with Crippen LogP contribution in [-0.2, 0) is 9.53 Å². The quantitative estimate of drug-likeness (QED) is 0.611. The number of rotatable bonds is 4. The SMILES string of the molecule is COc1ccc([C@H]2CC=CC[C@@]23N=C(c2ccccc2)OC3=O)cc1OC. The molecule has 1 spiro atoms. The maximum absolute atomic E-state index is 13.0. The van der Waals surface area contributed by atoms with Gasteiger partial charge in [-0.15, -0.1) is 0 Å². The molecule has 1 aliphatic carbocycles. The third kappa shape index (κ3) is 2.89. The lowest BCUT2D eigenvalue weighted by atomic mass is 9.73. The van der Waals surface area contributed by atoms with Gasteiger partial charge < -0.3 is 14.2 Å². The first kappa shape index (κ1) is 17.3. The average Bonchev–Trinajstić information content (AvgIpc) is 3.05. The van der Waals surface area contributed by atoms with E-state index in [2.05, 4.69) is 6.08 Å². The first-order valence-corrected chi connectivity index (χ1v) is 8.92.